The summed E-state index contributed by atoms with van der Waals surface area (Å²) in [4.78, 5) is 27.5. The highest BCUT2D eigenvalue weighted by molar-refractivity contribution is 7.15. The van der Waals surface area contributed by atoms with E-state index in [4.69, 9.17) is 4.74 Å². The molecule has 2 heterocycles. The van der Waals surface area contributed by atoms with Gasteiger partial charge in [-0.25, -0.2) is 0 Å². The molecule has 1 aliphatic heterocycles. The molecule has 1 fully saturated rings. The highest BCUT2D eigenvalue weighted by atomic mass is 32.1. The van der Waals surface area contributed by atoms with E-state index in [1.54, 1.807) is 19.2 Å². The molecule has 26 heavy (non-hydrogen) atoms. The number of carbonyl (C=O) groups excluding carboxylic acids is 2. The van der Waals surface area contributed by atoms with Crippen molar-refractivity contribution in [1.82, 2.24) is 10.2 Å². The Morgan fingerprint density at radius 1 is 1.12 bits per heavy atom. The molecule has 5 nitrogen and oxygen atoms in total. The average molecular weight is 372 g/mol. The van der Waals surface area contributed by atoms with E-state index in [9.17, 15) is 9.59 Å². The Hall–Kier alpha value is -2.18. The molecule has 1 atom stereocenters. The monoisotopic (exact) mass is 372 g/mol. The molecule has 0 aliphatic carbocycles. The zero-order valence-corrected chi connectivity index (χ0v) is 16.0. The molecule has 1 N–H and O–H groups in total. The molecule has 0 radical (unpaired) electrons. The summed E-state index contributed by atoms with van der Waals surface area (Å²) in [5, 5.41) is 3.04. The Morgan fingerprint density at radius 3 is 2.35 bits per heavy atom. The number of nitrogens with one attached hydrogen (secondary N) is 1. The number of ether oxygens (including phenoxy) is 1. The second-order valence-electron chi connectivity index (χ2n) is 6.46. The fourth-order valence-corrected chi connectivity index (χ4v) is 4.08. The van der Waals surface area contributed by atoms with Crippen LogP contribution in [0.4, 0.5) is 0 Å². The first-order chi connectivity index (χ1) is 12.6. The van der Waals surface area contributed by atoms with Crippen molar-refractivity contribution >= 4 is 23.0 Å². The Labute approximate surface area is 158 Å². The first kappa shape index (κ1) is 18.6. The number of hydrogen-bond donors (Lipinski definition) is 1. The summed E-state index contributed by atoms with van der Waals surface area (Å²) >= 11 is 1.24. The lowest BCUT2D eigenvalue weighted by atomic mass is 10.1. The van der Waals surface area contributed by atoms with Crippen LogP contribution in [0.3, 0.4) is 0 Å². The van der Waals surface area contributed by atoms with Crippen molar-refractivity contribution in [2.75, 3.05) is 26.7 Å². The highest BCUT2D eigenvalue weighted by Gasteiger charge is 2.24. The number of likely N-dealkylation sites (tertiary alicyclic amines) is 1. The number of benzene rings is 1. The van der Waals surface area contributed by atoms with Gasteiger partial charge in [-0.05, 0) is 62.7 Å². The van der Waals surface area contributed by atoms with Crippen LogP contribution in [-0.4, -0.2) is 43.3 Å². The van der Waals surface area contributed by atoms with Gasteiger partial charge >= 0.3 is 0 Å². The summed E-state index contributed by atoms with van der Waals surface area (Å²) in [5.41, 5.74) is 1.17. The molecule has 6 heteroatoms. The summed E-state index contributed by atoms with van der Waals surface area (Å²) in [5.74, 6) is 0.690. The van der Waals surface area contributed by atoms with E-state index < -0.39 is 0 Å². The van der Waals surface area contributed by atoms with Crippen molar-refractivity contribution in [1.29, 1.82) is 0 Å². The van der Waals surface area contributed by atoms with E-state index in [2.05, 4.69) is 22.3 Å². The zero-order chi connectivity index (χ0) is 18.5. The zero-order valence-electron chi connectivity index (χ0n) is 15.2. The summed E-state index contributed by atoms with van der Waals surface area (Å²) in [7, 11) is 1.66. The van der Waals surface area contributed by atoms with E-state index in [1.807, 2.05) is 12.1 Å². The number of thiophene rings is 1. The second-order valence-corrected chi connectivity index (χ2v) is 7.55. The quantitative estimate of drug-likeness (QED) is 0.756. The molecule has 1 amide bonds. The number of hydrogen-bond acceptors (Lipinski definition) is 5. The maximum absolute atomic E-state index is 12.5. The molecule has 0 spiro atoms. The highest BCUT2D eigenvalue weighted by Crippen LogP contribution is 2.26. The van der Waals surface area contributed by atoms with Crippen molar-refractivity contribution in [2.24, 2.45) is 0 Å². The Bertz CT molecular complexity index is 764. The van der Waals surface area contributed by atoms with Gasteiger partial charge in [-0.2, -0.15) is 0 Å². The lowest BCUT2D eigenvalue weighted by molar-refractivity contribution is 0.0941. The minimum absolute atomic E-state index is 0.0118. The number of Topliss-reactive ketones (excluding diaryl/α,β-unsaturated/α-hetero) is 1. The maximum Gasteiger partial charge on any atom is 0.261 e. The number of ketones is 1. The molecule has 1 aliphatic rings. The van der Waals surface area contributed by atoms with Crippen LogP contribution >= 0.6 is 11.3 Å². The molecular weight excluding hydrogens is 348 g/mol. The third kappa shape index (κ3) is 4.31. The predicted octanol–water partition coefficient (Wildman–Crippen LogP) is 3.53. The van der Waals surface area contributed by atoms with Gasteiger partial charge in [-0.3, -0.25) is 14.5 Å². The molecule has 3 rings (SSSR count). The Morgan fingerprint density at radius 2 is 1.77 bits per heavy atom. The molecule has 138 valence electrons. The summed E-state index contributed by atoms with van der Waals surface area (Å²) in [6.07, 6.45) is 2.38. The van der Waals surface area contributed by atoms with Crippen LogP contribution in [-0.2, 0) is 0 Å². The Balaban J connectivity index is 1.70. The standard InChI is InChI=1S/C20H24N2O3S/c1-14(23)18-9-10-19(26-18)20(24)21-13-17(22-11-3-4-12-22)15-5-7-16(25-2)8-6-15/h5-10,17H,3-4,11-13H2,1-2H3,(H,21,24)/t17-/m1/s1. The third-order valence-electron chi connectivity index (χ3n) is 4.71. The number of methoxy groups -OCH3 is 1. The fraction of sp³-hybridized carbons (Fsp3) is 0.400. The molecule has 1 aromatic heterocycles. The number of nitrogens with zero attached hydrogens (tertiary/aromatic N) is 1. The topological polar surface area (TPSA) is 58.6 Å². The van der Waals surface area contributed by atoms with E-state index in [0.29, 0.717) is 16.3 Å². The molecular formula is C20H24N2O3S. The third-order valence-corrected chi connectivity index (χ3v) is 5.90. The largest absolute Gasteiger partial charge is 0.497 e. The number of amides is 1. The second kappa shape index (κ2) is 8.47. The fourth-order valence-electron chi connectivity index (χ4n) is 3.26. The van der Waals surface area contributed by atoms with Crippen LogP contribution in [0.25, 0.3) is 0 Å². The van der Waals surface area contributed by atoms with Crippen LogP contribution in [0.15, 0.2) is 36.4 Å². The van der Waals surface area contributed by atoms with Gasteiger partial charge in [0.05, 0.1) is 22.9 Å². The maximum atomic E-state index is 12.5. The van der Waals surface area contributed by atoms with Crippen molar-refractivity contribution < 1.29 is 14.3 Å². The minimum Gasteiger partial charge on any atom is -0.497 e. The predicted molar refractivity (Wildman–Crippen MR) is 103 cm³/mol. The van der Waals surface area contributed by atoms with Crippen LogP contribution in [0, 0.1) is 0 Å². The van der Waals surface area contributed by atoms with Gasteiger partial charge in [0.2, 0.25) is 0 Å². The summed E-state index contributed by atoms with van der Waals surface area (Å²) in [6, 6.07) is 11.6. The van der Waals surface area contributed by atoms with Crippen molar-refractivity contribution in [3.63, 3.8) is 0 Å². The molecule has 0 unspecified atom stereocenters. The van der Waals surface area contributed by atoms with E-state index in [-0.39, 0.29) is 17.7 Å². The smallest absolute Gasteiger partial charge is 0.261 e. The summed E-state index contributed by atoms with van der Waals surface area (Å²) < 4.78 is 5.24. The van der Waals surface area contributed by atoms with E-state index in [1.165, 1.54) is 36.7 Å². The van der Waals surface area contributed by atoms with Gasteiger partial charge in [0.15, 0.2) is 5.78 Å². The lowest BCUT2D eigenvalue weighted by Gasteiger charge is -2.28. The van der Waals surface area contributed by atoms with Gasteiger partial charge < -0.3 is 10.1 Å². The summed E-state index contributed by atoms with van der Waals surface area (Å²) in [6.45, 7) is 4.14. The normalized spacial score (nSPS) is 15.6. The van der Waals surface area contributed by atoms with Crippen LogP contribution in [0.5, 0.6) is 5.75 Å². The van der Waals surface area contributed by atoms with Crippen LogP contribution in [0.1, 0.15) is 50.7 Å². The molecule has 0 saturated carbocycles. The van der Waals surface area contributed by atoms with E-state index >= 15 is 0 Å². The molecule has 0 bridgehead atoms. The van der Waals surface area contributed by atoms with Crippen molar-refractivity contribution in [2.45, 2.75) is 25.8 Å². The average Bonchev–Trinajstić information content (AvgIpc) is 3.34. The van der Waals surface area contributed by atoms with Gasteiger partial charge in [0.25, 0.3) is 5.91 Å². The Kier molecular flexibility index (Phi) is 6.06. The van der Waals surface area contributed by atoms with Gasteiger partial charge in [-0.15, -0.1) is 11.3 Å². The van der Waals surface area contributed by atoms with Crippen molar-refractivity contribution in [3.8, 4) is 5.75 Å². The van der Waals surface area contributed by atoms with Crippen molar-refractivity contribution in [3.05, 3.63) is 51.7 Å². The molecule has 1 saturated heterocycles. The van der Waals surface area contributed by atoms with Gasteiger partial charge in [0.1, 0.15) is 5.75 Å². The number of rotatable bonds is 7. The minimum atomic E-state index is -0.125. The SMILES string of the molecule is COc1ccc([C@@H](CNC(=O)c2ccc(C(C)=O)s2)N2CCCC2)cc1. The number of carbonyl (C=O) groups is 2. The first-order valence-electron chi connectivity index (χ1n) is 8.85. The van der Waals surface area contributed by atoms with Gasteiger partial charge in [-0.1, -0.05) is 12.1 Å². The van der Waals surface area contributed by atoms with Gasteiger partial charge in [0, 0.05) is 6.54 Å². The molecule has 2 aromatic rings. The van der Waals surface area contributed by atoms with E-state index in [0.717, 1.165) is 18.8 Å². The molecule has 1 aromatic carbocycles. The van der Waals surface area contributed by atoms with Crippen LogP contribution < -0.4 is 10.1 Å². The first-order valence-corrected chi connectivity index (χ1v) is 9.67. The lowest BCUT2D eigenvalue weighted by Crippen LogP contribution is -2.36. The van der Waals surface area contributed by atoms with Crippen LogP contribution in [0.2, 0.25) is 0 Å².